The number of methoxy groups -OCH3 is 1. The third-order valence-corrected chi connectivity index (χ3v) is 17.1. The van der Waals surface area contributed by atoms with Crippen molar-refractivity contribution in [1.82, 2.24) is 24.5 Å². The molecule has 0 saturated carbocycles. The molecular weight excluding hydrogens is 946 g/mol. The molecule has 0 spiro atoms. The molecule has 1 unspecified atom stereocenters. The maximum Gasteiger partial charge on any atom is 0.311 e. The summed E-state index contributed by atoms with van der Waals surface area (Å²) in [6.45, 7) is 20.0. The lowest BCUT2D eigenvalue weighted by atomic mass is 9.75. The third-order valence-electron chi connectivity index (χ3n) is 15.3. The van der Waals surface area contributed by atoms with Gasteiger partial charge in [-0.25, -0.2) is 17.8 Å². The number of sulfonamides is 1. The SMILES string of the molecule is CCCNC[C@]1(O)[C@H](C)OC(O[C@H]2[C@H](C)[C@@H](O[C@@H]3O[C@H](C)C[C@H](N(C)S(=O)(=O)c4nccn4C)[C@H]3Oc3ccc(F)cc3)[C@](C)(O)C[C@@H](C)CN[C@H](C)[C@@H](O)[C@](C)(O)[C@@H](CC)OC(=O)[C@@H]2C)C[C@@]1(C)OC. The number of aliphatic hydroxyl groups excluding tert-OH is 1. The molecule has 19 nitrogen and oxygen atoms in total. The summed E-state index contributed by atoms with van der Waals surface area (Å²) in [5, 5.41) is 55.0. The Morgan fingerprint density at radius 2 is 1.66 bits per heavy atom. The fourth-order valence-corrected chi connectivity index (χ4v) is 12.2. The van der Waals surface area contributed by atoms with E-state index in [-0.39, 0.29) is 55.6 Å². The Labute approximate surface area is 420 Å². The summed E-state index contributed by atoms with van der Waals surface area (Å²) in [6.07, 6.45) is -6.32. The van der Waals surface area contributed by atoms with Crippen molar-refractivity contribution >= 4 is 16.0 Å². The quantitative estimate of drug-likeness (QED) is 0.110. The van der Waals surface area contributed by atoms with Crippen LogP contribution in [0.3, 0.4) is 0 Å². The molecule has 1 aromatic carbocycles. The van der Waals surface area contributed by atoms with Gasteiger partial charge in [0, 0.05) is 58.5 Å². The van der Waals surface area contributed by atoms with E-state index in [4.69, 9.17) is 33.2 Å². The van der Waals surface area contributed by atoms with Crippen molar-refractivity contribution < 1.29 is 71.2 Å². The summed E-state index contributed by atoms with van der Waals surface area (Å²) in [5.74, 6) is -3.59. The van der Waals surface area contributed by atoms with Crippen LogP contribution in [-0.2, 0) is 50.3 Å². The molecule has 0 amide bonds. The van der Waals surface area contributed by atoms with Gasteiger partial charge in [-0.05, 0) is 117 Å². The summed E-state index contributed by atoms with van der Waals surface area (Å²) in [7, 11) is 0.195. The summed E-state index contributed by atoms with van der Waals surface area (Å²) >= 11 is 0. The Balaban J connectivity index is 1.66. The van der Waals surface area contributed by atoms with E-state index in [0.717, 1.165) is 10.7 Å². The van der Waals surface area contributed by atoms with Crippen LogP contribution in [0.25, 0.3) is 0 Å². The number of likely N-dealkylation sites (N-methyl/N-ethyl adjacent to an activating group) is 1. The highest BCUT2D eigenvalue weighted by Crippen LogP contribution is 2.44. The van der Waals surface area contributed by atoms with Gasteiger partial charge in [0.15, 0.2) is 18.7 Å². The number of ether oxygens (including phenoxy) is 7. The van der Waals surface area contributed by atoms with E-state index in [1.807, 2.05) is 13.8 Å². The highest BCUT2D eigenvalue weighted by atomic mass is 32.2. The van der Waals surface area contributed by atoms with Gasteiger partial charge in [0.25, 0.3) is 10.0 Å². The summed E-state index contributed by atoms with van der Waals surface area (Å²) in [5.41, 5.74) is -6.45. The molecule has 71 heavy (non-hydrogen) atoms. The number of rotatable bonds is 15. The van der Waals surface area contributed by atoms with Crippen LogP contribution >= 0.6 is 0 Å². The minimum atomic E-state index is -4.28. The monoisotopic (exact) mass is 1030 g/mol. The number of aromatic nitrogens is 2. The van der Waals surface area contributed by atoms with E-state index >= 15 is 0 Å². The zero-order chi connectivity index (χ0) is 53.0. The first-order valence-corrected chi connectivity index (χ1v) is 26.6. The Morgan fingerprint density at radius 3 is 2.25 bits per heavy atom. The van der Waals surface area contributed by atoms with Crippen molar-refractivity contribution in [2.24, 2.45) is 24.8 Å². The van der Waals surface area contributed by atoms with Crippen LogP contribution in [0, 0.1) is 23.6 Å². The zero-order valence-corrected chi connectivity index (χ0v) is 45.0. The maximum absolute atomic E-state index is 14.7. The zero-order valence-electron chi connectivity index (χ0n) is 44.2. The van der Waals surface area contributed by atoms with E-state index in [0.29, 0.717) is 6.54 Å². The molecule has 3 saturated heterocycles. The first-order valence-electron chi connectivity index (χ1n) is 25.1. The largest absolute Gasteiger partial charge is 0.483 e. The van der Waals surface area contributed by atoms with Crippen LogP contribution in [0.1, 0.15) is 108 Å². The highest BCUT2D eigenvalue weighted by molar-refractivity contribution is 7.89. The van der Waals surface area contributed by atoms with Gasteiger partial charge in [-0.3, -0.25) is 4.79 Å². The number of nitrogens with zero attached hydrogens (tertiary/aromatic N) is 3. The van der Waals surface area contributed by atoms with Crippen LogP contribution in [-0.4, -0.2) is 172 Å². The molecule has 3 aliphatic rings. The molecule has 18 atom stereocenters. The van der Waals surface area contributed by atoms with Crippen molar-refractivity contribution in [2.75, 3.05) is 33.8 Å². The fraction of sp³-hybridized carbons (Fsp3) is 0.800. The molecular formula is C50H84FN5O14S. The normalized spacial score (nSPS) is 40.4. The summed E-state index contributed by atoms with van der Waals surface area (Å²) in [4.78, 5) is 18.8. The van der Waals surface area contributed by atoms with Crippen LogP contribution < -0.4 is 15.4 Å². The molecule has 1 aromatic heterocycles. The molecule has 2 aromatic rings. The van der Waals surface area contributed by atoms with Crippen LogP contribution in [0.15, 0.2) is 41.8 Å². The minimum absolute atomic E-state index is 0.000542. The lowest BCUT2D eigenvalue weighted by Crippen LogP contribution is -2.70. The first-order chi connectivity index (χ1) is 33.1. The molecule has 0 aliphatic carbocycles. The van der Waals surface area contributed by atoms with Crippen LogP contribution in [0.5, 0.6) is 5.75 Å². The lowest BCUT2D eigenvalue weighted by Gasteiger charge is -2.53. The maximum atomic E-state index is 14.7. The molecule has 3 aliphatic heterocycles. The Kier molecular flexibility index (Phi) is 19.7. The lowest BCUT2D eigenvalue weighted by molar-refractivity contribution is -0.335. The average molecular weight is 1030 g/mol. The number of hydrogen-bond acceptors (Lipinski definition) is 17. The van der Waals surface area contributed by atoms with Gasteiger partial charge in [-0.1, -0.05) is 27.7 Å². The van der Waals surface area contributed by atoms with E-state index in [9.17, 15) is 38.0 Å². The van der Waals surface area contributed by atoms with Crippen molar-refractivity contribution in [3.63, 3.8) is 0 Å². The van der Waals surface area contributed by atoms with Gasteiger partial charge < -0.3 is 68.8 Å². The molecule has 4 heterocycles. The highest BCUT2D eigenvalue weighted by Gasteiger charge is 2.59. The average Bonchev–Trinajstić information content (AvgIpc) is 3.76. The number of esters is 1. The number of cyclic esters (lactones) is 1. The van der Waals surface area contributed by atoms with Gasteiger partial charge in [-0.15, -0.1) is 0 Å². The third kappa shape index (κ3) is 13.0. The molecule has 21 heteroatoms. The number of hydrogen-bond donors (Lipinski definition) is 6. The minimum Gasteiger partial charge on any atom is -0.483 e. The van der Waals surface area contributed by atoms with Crippen LogP contribution in [0.2, 0.25) is 0 Å². The van der Waals surface area contributed by atoms with Gasteiger partial charge in [0.05, 0.1) is 42.0 Å². The second-order valence-corrected chi connectivity index (χ2v) is 23.0. The Hall–Kier alpha value is -2.90. The van der Waals surface area contributed by atoms with Gasteiger partial charge in [0.2, 0.25) is 5.16 Å². The van der Waals surface area contributed by atoms with Gasteiger partial charge in [-0.2, -0.15) is 4.31 Å². The second-order valence-electron chi connectivity index (χ2n) is 21.1. The second kappa shape index (κ2) is 23.8. The molecule has 5 rings (SSSR count). The van der Waals surface area contributed by atoms with E-state index < -0.39 is 123 Å². The predicted molar refractivity (Wildman–Crippen MR) is 261 cm³/mol. The number of aryl methyl sites for hydroxylation is 1. The van der Waals surface area contributed by atoms with Crippen molar-refractivity contribution in [3.8, 4) is 5.75 Å². The molecule has 3 fully saturated rings. The molecule has 0 bridgehead atoms. The van der Waals surface area contributed by atoms with E-state index in [2.05, 4.69) is 15.6 Å². The standard InChI is InChI=1S/C50H84FN5O14S/c1-15-21-52-28-50(61)34(8)66-39(26-48(50,10)64-14)69-40-31(5)43(47(9,59)25-29(3)27-54-33(7)42(57)49(11,60)38(16-2)68-44(58)32(40)6)70-45-41(67-36-19-17-35(51)18-20-36)37(24-30(4)65-45)56(13)71(62,63)46-53-22-23-55(46)12/h17-20,22-23,29-34,37-43,45,52,54,57,59-61H,15-16,21,24-28H2,1-14H3/t29-,30-,31+,32-,33-,34+,37+,38-,39?,40+,41-,42-,43-,45+,47-,48-,49-,50+/m1/s1. The van der Waals surface area contributed by atoms with Crippen LogP contribution in [0.4, 0.5) is 4.39 Å². The number of carbonyl (C=O) groups excluding carboxylic acids is 1. The number of halogens is 1. The predicted octanol–water partition coefficient (Wildman–Crippen LogP) is 3.65. The van der Waals surface area contributed by atoms with Crippen molar-refractivity contribution in [3.05, 3.63) is 42.5 Å². The first kappa shape index (κ1) is 59.0. The number of imidazole rings is 1. The molecule has 6 N–H and O–H groups in total. The smallest absolute Gasteiger partial charge is 0.311 e. The topological polar surface area (TPSA) is 242 Å². The van der Waals surface area contributed by atoms with E-state index in [1.165, 1.54) is 62.3 Å². The Morgan fingerprint density at radius 1 is 1.00 bits per heavy atom. The van der Waals surface area contributed by atoms with Gasteiger partial charge >= 0.3 is 5.97 Å². The number of nitrogens with one attached hydrogen (secondary N) is 2. The number of benzene rings is 1. The van der Waals surface area contributed by atoms with Crippen molar-refractivity contribution in [1.29, 1.82) is 0 Å². The summed E-state index contributed by atoms with van der Waals surface area (Å²) in [6, 6.07) is 3.55. The van der Waals surface area contributed by atoms with Gasteiger partial charge in [0.1, 0.15) is 40.6 Å². The summed E-state index contributed by atoms with van der Waals surface area (Å²) < 4.78 is 91.5. The number of carbonyl (C=O) groups is 1. The molecule has 0 radical (unpaired) electrons. The fourth-order valence-electron chi connectivity index (χ4n) is 10.7. The molecule has 406 valence electrons. The Bertz CT molecular complexity index is 2140. The van der Waals surface area contributed by atoms with E-state index in [1.54, 1.807) is 62.4 Å². The number of aliphatic hydroxyl groups is 4. The van der Waals surface area contributed by atoms with Crippen molar-refractivity contribution in [2.45, 2.75) is 203 Å².